The average molecular weight is 414 g/mol. The van der Waals surface area contributed by atoms with Crippen LogP contribution in [-0.4, -0.2) is 38.4 Å². The van der Waals surface area contributed by atoms with Gasteiger partial charge in [0.15, 0.2) is 5.65 Å². The summed E-state index contributed by atoms with van der Waals surface area (Å²) in [6.07, 6.45) is 0. The van der Waals surface area contributed by atoms with Crippen molar-refractivity contribution in [1.29, 1.82) is 0 Å². The quantitative estimate of drug-likeness (QED) is 0.474. The Hall–Kier alpha value is -2.84. The van der Waals surface area contributed by atoms with Crippen LogP contribution < -0.4 is 10.1 Å². The molecule has 28 heavy (non-hydrogen) atoms. The Kier molecular flexibility index (Phi) is 5.06. The van der Waals surface area contributed by atoms with Gasteiger partial charge in [-0.25, -0.2) is 4.98 Å². The molecule has 2 N–H and O–H groups in total. The van der Waals surface area contributed by atoms with Crippen LogP contribution >= 0.6 is 23.4 Å². The predicted molar refractivity (Wildman–Crippen MR) is 111 cm³/mol. The fourth-order valence-corrected chi connectivity index (χ4v) is 3.67. The number of methoxy groups -OCH3 is 1. The molecule has 142 valence electrons. The number of anilines is 1. The average Bonchev–Trinajstić information content (AvgIpc) is 3.06. The summed E-state index contributed by atoms with van der Waals surface area (Å²) in [6.45, 7) is 1.77. The number of fused-ring (bicyclic) bond motifs is 3. The number of benzene rings is 2. The van der Waals surface area contributed by atoms with Crippen LogP contribution in [0.2, 0.25) is 5.02 Å². The number of carbonyl (C=O) groups is 1. The Balaban J connectivity index is 1.53. The van der Waals surface area contributed by atoms with Gasteiger partial charge in [0.2, 0.25) is 11.1 Å². The van der Waals surface area contributed by atoms with E-state index in [0.29, 0.717) is 32.8 Å². The SMILES string of the molecule is COc1ccc(Cl)cc1NC(=O)C(C)Sc1nnc2c(n1)[nH]c1ccccc12. The summed E-state index contributed by atoms with van der Waals surface area (Å²) in [5.41, 5.74) is 2.81. The Labute approximate surface area is 169 Å². The lowest BCUT2D eigenvalue weighted by Crippen LogP contribution is -2.23. The maximum Gasteiger partial charge on any atom is 0.237 e. The van der Waals surface area contributed by atoms with Gasteiger partial charge < -0.3 is 15.0 Å². The van der Waals surface area contributed by atoms with E-state index in [1.807, 2.05) is 24.3 Å². The number of nitrogens with one attached hydrogen (secondary N) is 2. The molecular formula is C19H16ClN5O2S. The van der Waals surface area contributed by atoms with Crippen molar-refractivity contribution < 1.29 is 9.53 Å². The van der Waals surface area contributed by atoms with E-state index in [9.17, 15) is 4.79 Å². The fraction of sp³-hybridized carbons (Fsp3) is 0.158. The first-order chi connectivity index (χ1) is 13.5. The molecule has 2 aromatic heterocycles. The lowest BCUT2D eigenvalue weighted by atomic mass is 10.2. The Morgan fingerprint density at radius 1 is 1.25 bits per heavy atom. The van der Waals surface area contributed by atoms with Gasteiger partial charge >= 0.3 is 0 Å². The highest BCUT2D eigenvalue weighted by atomic mass is 35.5. The van der Waals surface area contributed by atoms with Crippen LogP contribution in [0.4, 0.5) is 5.69 Å². The zero-order valence-corrected chi connectivity index (χ0v) is 16.6. The number of rotatable bonds is 5. The van der Waals surface area contributed by atoms with Crippen molar-refractivity contribution in [1.82, 2.24) is 20.2 Å². The maximum absolute atomic E-state index is 12.6. The maximum atomic E-state index is 12.6. The van der Waals surface area contributed by atoms with Gasteiger partial charge in [0.25, 0.3) is 0 Å². The molecule has 4 aromatic rings. The second-order valence-corrected chi connectivity index (χ2v) is 7.80. The van der Waals surface area contributed by atoms with E-state index in [0.717, 1.165) is 10.9 Å². The van der Waals surface area contributed by atoms with E-state index in [1.165, 1.54) is 18.9 Å². The molecule has 4 rings (SSSR count). The third kappa shape index (κ3) is 3.61. The topological polar surface area (TPSA) is 92.8 Å². The summed E-state index contributed by atoms with van der Waals surface area (Å²) in [4.78, 5) is 20.3. The molecule has 0 radical (unpaired) electrons. The van der Waals surface area contributed by atoms with Crippen molar-refractivity contribution in [2.45, 2.75) is 17.3 Å². The molecule has 1 unspecified atom stereocenters. The number of halogens is 1. The number of H-pyrrole nitrogens is 1. The summed E-state index contributed by atoms with van der Waals surface area (Å²) in [7, 11) is 1.53. The van der Waals surface area contributed by atoms with Crippen LogP contribution in [0.15, 0.2) is 47.6 Å². The molecule has 0 fully saturated rings. The first-order valence-electron chi connectivity index (χ1n) is 8.47. The molecule has 1 atom stereocenters. The Bertz CT molecular complexity index is 1180. The number of amides is 1. The normalized spacial score (nSPS) is 12.2. The van der Waals surface area contributed by atoms with Gasteiger partial charge in [-0.3, -0.25) is 4.79 Å². The molecule has 1 amide bonds. The smallest absolute Gasteiger partial charge is 0.237 e. The number of aromatic nitrogens is 4. The number of thioether (sulfide) groups is 1. The Morgan fingerprint density at radius 3 is 2.89 bits per heavy atom. The monoisotopic (exact) mass is 413 g/mol. The largest absolute Gasteiger partial charge is 0.495 e. The van der Waals surface area contributed by atoms with Crippen molar-refractivity contribution in [3.63, 3.8) is 0 Å². The third-order valence-corrected chi connectivity index (χ3v) is 5.36. The summed E-state index contributed by atoms with van der Waals surface area (Å²) in [5.74, 6) is 0.318. The van der Waals surface area contributed by atoms with E-state index in [4.69, 9.17) is 16.3 Å². The number of ether oxygens (including phenoxy) is 1. The van der Waals surface area contributed by atoms with Gasteiger partial charge in [-0.15, -0.1) is 10.2 Å². The van der Waals surface area contributed by atoms with Gasteiger partial charge in [0.1, 0.15) is 11.3 Å². The van der Waals surface area contributed by atoms with E-state index < -0.39 is 5.25 Å². The van der Waals surface area contributed by atoms with Crippen LogP contribution in [0.1, 0.15) is 6.92 Å². The van der Waals surface area contributed by atoms with Crippen molar-refractivity contribution in [2.24, 2.45) is 0 Å². The molecule has 2 aromatic carbocycles. The fourth-order valence-electron chi connectivity index (χ4n) is 2.78. The molecule has 9 heteroatoms. The molecule has 0 spiro atoms. The number of para-hydroxylation sites is 1. The van der Waals surface area contributed by atoms with Crippen LogP contribution in [0.5, 0.6) is 5.75 Å². The minimum absolute atomic E-state index is 0.217. The number of hydrogen-bond acceptors (Lipinski definition) is 6. The second kappa shape index (κ2) is 7.65. The van der Waals surface area contributed by atoms with Gasteiger partial charge in [0.05, 0.1) is 18.0 Å². The van der Waals surface area contributed by atoms with Crippen molar-refractivity contribution >= 4 is 57.0 Å². The summed E-state index contributed by atoms with van der Waals surface area (Å²) < 4.78 is 5.26. The molecule has 7 nitrogen and oxygen atoms in total. The molecule has 0 bridgehead atoms. The highest BCUT2D eigenvalue weighted by Crippen LogP contribution is 2.29. The van der Waals surface area contributed by atoms with E-state index >= 15 is 0 Å². The molecule has 0 saturated heterocycles. The first kappa shape index (κ1) is 18.5. The highest BCUT2D eigenvalue weighted by Gasteiger charge is 2.19. The number of nitrogens with zero attached hydrogens (tertiary/aromatic N) is 3. The van der Waals surface area contributed by atoms with Crippen LogP contribution in [-0.2, 0) is 4.79 Å². The van der Waals surface area contributed by atoms with Gasteiger partial charge in [-0.05, 0) is 31.2 Å². The Morgan fingerprint density at radius 2 is 2.07 bits per heavy atom. The molecule has 2 heterocycles. The van der Waals surface area contributed by atoms with Gasteiger partial charge in [0, 0.05) is 15.9 Å². The summed E-state index contributed by atoms with van der Waals surface area (Å²) >= 11 is 7.23. The number of carbonyl (C=O) groups excluding carboxylic acids is 1. The van der Waals surface area contributed by atoms with E-state index in [-0.39, 0.29) is 5.91 Å². The van der Waals surface area contributed by atoms with Gasteiger partial charge in [-0.2, -0.15) is 0 Å². The zero-order chi connectivity index (χ0) is 19.7. The van der Waals surface area contributed by atoms with Crippen LogP contribution in [0, 0.1) is 0 Å². The zero-order valence-electron chi connectivity index (χ0n) is 15.1. The number of aromatic amines is 1. The lowest BCUT2D eigenvalue weighted by Gasteiger charge is -2.13. The third-order valence-electron chi connectivity index (χ3n) is 4.17. The van der Waals surface area contributed by atoms with Crippen molar-refractivity contribution in [2.75, 3.05) is 12.4 Å². The van der Waals surface area contributed by atoms with E-state index in [1.54, 1.807) is 25.1 Å². The molecule has 0 aliphatic rings. The molecule has 0 aliphatic carbocycles. The molecule has 0 aliphatic heterocycles. The molecular weight excluding hydrogens is 398 g/mol. The van der Waals surface area contributed by atoms with Crippen molar-refractivity contribution in [3.05, 3.63) is 47.5 Å². The lowest BCUT2D eigenvalue weighted by molar-refractivity contribution is -0.115. The van der Waals surface area contributed by atoms with Crippen molar-refractivity contribution in [3.8, 4) is 5.75 Å². The first-order valence-corrected chi connectivity index (χ1v) is 9.73. The highest BCUT2D eigenvalue weighted by molar-refractivity contribution is 8.00. The summed E-state index contributed by atoms with van der Waals surface area (Å²) in [5, 5.41) is 12.7. The standard InChI is InChI=1S/C19H16ClN5O2S/c1-10(18(26)22-14-9-11(20)7-8-15(14)27-2)28-19-23-17-16(24-25-19)12-5-3-4-6-13(12)21-17/h3-10H,1-2H3,(H,22,26)(H,21,23,25). The minimum Gasteiger partial charge on any atom is -0.495 e. The van der Waals surface area contributed by atoms with Crippen LogP contribution in [0.25, 0.3) is 22.1 Å². The predicted octanol–water partition coefficient (Wildman–Crippen LogP) is 4.29. The number of hydrogen-bond donors (Lipinski definition) is 2. The second-order valence-electron chi connectivity index (χ2n) is 6.06. The van der Waals surface area contributed by atoms with E-state index in [2.05, 4.69) is 25.5 Å². The molecule has 0 saturated carbocycles. The minimum atomic E-state index is -0.452. The van der Waals surface area contributed by atoms with Crippen LogP contribution in [0.3, 0.4) is 0 Å². The van der Waals surface area contributed by atoms with Gasteiger partial charge in [-0.1, -0.05) is 41.6 Å². The summed E-state index contributed by atoms with van der Waals surface area (Å²) in [6, 6.07) is 12.8.